The van der Waals surface area contributed by atoms with Gasteiger partial charge in [-0.05, 0) is 12.1 Å². The molecule has 0 bridgehead atoms. The summed E-state index contributed by atoms with van der Waals surface area (Å²) in [6.07, 6.45) is -7.22. The Hall–Kier alpha value is -5.83. The van der Waals surface area contributed by atoms with Gasteiger partial charge in [0.15, 0.2) is 81.3 Å². The summed E-state index contributed by atoms with van der Waals surface area (Å²) >= 11 is -0.658. The standard InChI is InChI=1S/C24BF20.C16H18IO4/c26-5-1(6(27)14(35)21(42)13(5)34)25(2-7(28)15(36)22(43)16(37)8(2)29,3-9(30)17(38)23(44)18(39)10(3)31)4-11(32)19(40)24(45)20(41)12(4)33;1-9(2)15(18)11-5-7-13(20-11)17-14-8-6-12(21-14)16(19)10(3)4/h;5-10H,1-4H3/q-1;+1. The monoisotopic (exact) mass is 1080 g/mol. The van der Waals surface area contributed by atoms with Crippen molar-refractivity contribution in [2.75, 3.05) is 0 Å². The van der Waals surface area contributed by atoms with Crippen LogP contribution in [0.4, 0.5) is 87.8 Å². The van der Waals surface area contributed by atoms with E-state index in [9.17, 15) is 62.3 Å². The first kappa shape index (κ1) is 51.2. The van der Waals surface area contributed by atoms with Crippen LogP contribution in [-0.4, -0.2) is 17.7 Å². The molecule has 0 fully saturated rings. The van der Waals surface area contributed by atoms with Crippen LogP contribution < -0.4 is 43.1 Å². The maximum absolute atomic E-state index is 15.4. The fourth-order valence-electron chi connectivity index (χ4n) is 6.53. The highest BCUT2D eigenvalue weighted by Crippen LogP contribution is 2.31. The smallest absolute Gasteiger partial charge is 0.415 e. The van der Waals surface area contributed by atoms with Crippen molar-refractivity contribution in [1.29, 1.82) is 0 Å². The van der Waals surface area contributed by atoms with Gasteiger partial charge in [-0.3, -0.25) is 9.59 Å². The molecule has 0 aliphatic carbocycles. The van der Waals surface area contributed by atoms with Crippen molar-refractivity contribution >= 4 is 39.6 Å². The van der Waals surface area contributed by atoms with Crippen LogP contribution in [0.5, 0.6) is 0 Å². The zero-order chi connectivity index (χ0) is 49.9. The third kappa shape index (κ3) is 8.21. The van der Waals surface area contributed by atoms with Crippen molar-refractivity contribution in [2.24, 2.45) is 11.8 Å². The molecule has 26 heteroatoms. The van der Waals surface area contributed by atoms with Crippen molar-refractivity contribution in [1.82, 2.24) is 0 Å². The predicted molar refractivity (Wildman–Crippen MR) is 182 cm³/mol. The van der Waals surface area contributed by atoms with Crippen LogP contribution in [0.25, 0.3) is 0 Å². The molecule has 2 heterocycles. The van der Waals surface area contributed by atoms with Gasteiger partial charge in [0.25, 0.3) is 0 Å². The Labute approximate surface area is 365 Å². The van der Waals surface area contributed by atoms with E-state index >= 15 is 35.1 Å². The number of rotatable bonds is 10. The Morgan fingerprint density at radius 1 is 0.348 bits per heavy atom. The minimum atomic E-state index is -7.22. The summed E-state index contributed by atoms with van der Waals surface area (Å²) in [4.78, 5) is 23.7. The average molecular weight is 1080 g/mol. The Morgan fingerprint density at radius 2 is 0.530 bits per heavy atom. The highest BCUT2D eigenvalue weighted by atomic mass is 127. The molecule has 352 valence electrons. The molecule has 66 heavy (non-hydrogen) atoms. The molecule has 0 unspecified atom stereocenters. The summed E-state index contributed by atoms with van der Waals surface area (Å²) in [5, 5.41) is 0. The number of hydrogen-bond donors (Lipinski definition) is 0. The van der Waals surface area contributed by atoms with Crippen LogP contribution in [0.3, 0.4) is 0 Å². The lowest BCUT2D eigenvalue weighted by atomic mass is 9.12. The van der Waals surface area contributed by atoms with E-state index in [1.165, 1.54) is 0 Å². The van der Waals surface area contributed by atoms with Crippen LogP contribution in [0.1, 0.15) is 48.8 Å². The van der Waals surface area contributed by atoms with Gasteiger partial charge in [-0.25, -0.2) is 87.8 Å². The van der Waals surface area contributed by atoms with Gasteiger partial charge in [0.1, 0.15) is 52.7 Å². The van der Waals surface area contributed by atoms with Gasteiger partial charge in [-0.2, -0.15) is 0 Å². The summed E-state index contributed by atoms with van der Waals surface area (Å²) in [5.74, 6) is -70.8. The van der Waals surface area contributed by atoms with Crippen molar-refractivity contribution < 1.29 is 127 Å². The van der Waals surface area contributed by atoms with E-state index in [4.69, 9.17) is 8.83 Å². The van der Waals surface area contributed by atoms with Crippen molar-refractivity contribution in [3.8, 4) is 0 Å². The highest BCUT2D eigenvalue weighted by molar-refractivity contribution is 7.20. The largest absolute Gasteiger partial charge is 0.443 e. The highest BCUT2D eigenvalue weighted by Gasteiger charge is 2.52. The van der Waals surface area contributed by atoms with Gasteiger partial charge >= 0.3 is 28.7 Å². The summed E-state index contributed by atoms with van der Waals surface area (Å²) in [7, 11) is 0. The maximum Gasteiger partial charge on any atom is 0.443 e. The van der Waals surface area contributed by atoms with Gasteiger partial charge < -0.3 is 8.83 Å². The Balaban J connectivity index is 0.000000324. The van der Waals surface area contributed by atoms with E-state index in [-0.39, 0.29) is 23.4 Å². The Morgan fingerprint density at radius 3 is 0.712 bits per heavy atom. The number of benzene rings is 4. The van der Waals surface area contributed by atoms with Crippen LogP contribution in [0.15, 0.2) is 33.1 Å². The van der Waals surface area contributed by atoms with Crippen LogP contribution in [0.2, 0.25) is 0 Å². The number of halogens is 21. The number of hydrogen-bond acceptors (Lipinski definition) is 4. The van der Waals surface area contributed by atoms with E-state index < -0.39 is 166 Å². The third-order valence-corrected chi connectivity index (χ3v) is 11.8. The molecule has 0 saturated carbocycles. The minimum Gasteiger partial charge on any atom is -0.415 e. The van der Waals surface area contributed by atoms with Gasteiger partial charge in [0.05, 0.1) is 0 Å². The van der Waals surface area contributed by atoms with Gasteiger partial charge in [-0.15, -0.1) is 21.9 Å². The molecular weight excluding hydrogens is 1060 g/mol. The van der Waals surface area contributed by atoms with Crippen molar-refractivity contribution in [2.45, 2.75) is 27.7 Å². The molecule has 0 saturated heterocycles. The topological polar surface area (TPSA) is 60.4 Å². The van der Waals surface area contributed by atoms with E-state index in [2.05, 4.69) is 0 Å². The fourth-order valence-corrected chi connectivity index (χ4v) is 8.47. The molecule has 6 rings (SSSR count). The number of furan rings is 2. The van der Waals surface area contributed by atoms with Crippen LogP contribution in [-0.2, 0) is 0 Å². The van der Waals surface area contributed by atoms with E-state index in [0.29, 0.717) is 11.5 Å². The summed E-state index contributed by atoms with van der Waals surface area (Å²) in [6.45, 7) is 7.37. The number of Topliss-reactive ketones (excluding diaryl/α,β-unsaturated/α-hetero) is 2. The summed E-state index contributed by atoms with van der Waals surface area (Å²) < 4.78 is 307. The molecule has 2 aromatic heterocycles. The summed E-state index contributed by atoms with van der Waals surface area (Å²) in [5.41, 5.74) is -14.3. The van der Waals surface area contributed by atoms with Crippen LogP contribution >= 0.6 is 0 Å². The predicted octanol–water partition coefficient (Wildman–Crippen LogP) is 6.52. The molecule has 4 aromatic carbocycles. The zero-order valence-corrected chi connectivity index (χ0v) is 34.8. The van der Waals surface area contributed by atoms with E-state index in [1.54, 1.807) is 12.1 Å². The SMILES string of the molecule is CC(C)C(=O)c1ccc([I+]c2ccc(C(=O)C(C)C)o2)o1.Fc1c(F)c(F)c([B-](c2c(F)c(F)c(F)c(F)c2F)(c2c(F)c(F)c(F)c(F)c2F)c2c(F)c(F)c(F)c(F)c2F)c(F)c1F. The molecule has 0 radical (unpaired) electrons. The first-order valence-electron chi connectivity index (χ1n) is 17.7. The molecule has 0 spiro atoms. The normalized spacial score (nSPS) is 11.8. The second-order valence-corrected chi connectivity index (χ2v) is 16.8. The lowest BCUT2D eigenvalue weighted by Crippen LogP contribution is -3.61. The average Bonchev–Trinajstić information content (AvgIpc) is 3.96. The Bertz CT molecular complexity index is 2530. The minimum absolute atomic E-state index is 0.000350. The van der Waals surface area contributed by atoms with E-state index in [0.717, 1.165) is 7.53 Å². The van der Waals surface area contributed by atoms with Gasteiger partial charge in [-0.1, -0.05) is 27.7 Å². The molecular formula is C40H18BF20IO4. The maximum atomic E-state index is 15.4. The number of ketones is 2. The number of carbonyl (C=O) groups excluding carboxylic acids is 2. The van der Waals surface area contributed by atoms with Crippen molar-refractivity contribution in [3.05, 3.63) is 160 Å². The second kappa shape index (κ2) is 18.8. The third-order valence-electron chi connectivity index (χ3n) is 9.57. The van der Waals surface area contributed by atoms with Gasteiger partial charge in [0.2, 0.25) is 11.6 Å². The molecule has 4 nitrogen and oxygen atoms in total. The molecule has 0 amide bonds. The lowest BCUT2D eigenvalue weighted by Gasteiger charge is -2.44. The van der Waals surface area contributed by atoms with E-state index in [1.807, 2.05) is 39.8 Å². The molecule has 0 aliphatic rings. The van der Waals surface area contributed by atoms with Crippen molar-refractivity contribution in [3.63, 3.8) is 0 Å². The lowest BCUT2D eigenvalue weighted by molar-refractivity contribution is -0.636. The fraction of sp³-hybridized carbons (Fsp3) is 0.150. The number of carbonyl (C=O) groups is 2. The van der Waals surface area contributed by atoms with Crippen LogP contribution in [0, 0.1) is 136 Å². The summed E-state index contributed by atoms with van der Waals surface area (Å²) in [6, 6.07) is 7.05. The second-order valence-electron chi connectivity index (χ2n) is 14.1. The van der Waals surface area contributed by atoms with Gasteiger partial charge in [0, 0.05) is 24.0 Å². The Kier molecular flexibility index (Phi) is 14.6. The molecule has 6 aromatic rings. The molecule has 0 N–H and O–H groups in total. The zero-order valence-electron chi connectivity index (χ0n) is 32.6. The molecule has 0 atom stereocenters. The first-order valence-corrected chi connectivity index (χ1v) is 19.9. The quantitative estimate of drug-likeness (QED) is 0.0392. The molecule has 0 aliphatic heterocycles. The first-order chi connectivity index (χ1) is 30.6.